The SMILES string of the molecule is CC[C@H](NC(=O)CN1CCCC[C@H]1C)c1ccc(Cl)cc1. The van der Waals surface area contributed by atoms with E-state index in [9.17, 15) is 4.79 Å². The van der Waals surface area contributed by atoms with Crippen LogP contribution in [0.4, 0.5) is 0 Å². The minimum absolute atomic E-state index is 0.0647. The van der Waals surface area contributed by atoms with Gasteiger partial charge in [-0.2, -0.15) is 0 Å². The summed E-state index contributed by atoms with van der Waals surface area (Å²) in [4.78, 5) is 14.6. The maximum atomic E-state index is 12.3. The van der Waals surface area contributed by atoms with E-state index in [1.54, 1.807) is 0 Å². The van der Waals surface area contributed by atoms with E-state index in [-0.39, 0.29) is 11.9 Å². The molecule has 0 aliphatic carbocycles. The Morgan fingerprint density at radius 1 is 1.38 bits per heavy atom. The molecule has 116 valence electrons. The van der Waals surface area contributed by atoms with Gasteiger partial charge in [0.1, 0.15) is 0 Å². The molecule has 1 aromatic carbocycles. The number of carbonyl (C=O) groups excluding carboxylic acids is 1. The molecule has 0 aromatic heterocycles. The molecule has 0 saturated carbocycles. The molecule has 0 spiro atoms. The van der Waals surface area contributed by atoms with Gasteiger partial charge in [-0.15, -0.1) is 0 Å². The van der Waals surface area contributed by atoms with Crippen LogP contribution in [0.15, 0.2) is 24.3 Å². The highest BCUT2D eigenvalue weighted by atomic mass is 35.5. The van der Waals surface area contributed by atoms with Crippen LogP contribution in [0, 0.1) is 0 Å². The lowest BCUT2D eigenvalue weighted by Gasteiger charge is -2.33. The van der Waals surface area contributed by atoms with Gasteiger partial charge >= 0.3 is 0 Å². The van der Waals surface area contributed by atoms with Crippen LogP contribution in [0.2, 0.25) is 5.02 Å². The fourth-order valence-electron chi connectivity index (χ4n) is 2.93. The molecule has 0 bridgehead atoms. The molecule has 0 unspecified atom stereocenters. The van der Waals surface area contributed by atoms with Crippen molar-refractivity contribution in [2.24, 2.45) is 0 Å². The highest BCUT2D eigenvalue weighted by Crippen LogP contribution is 2.20. The van der Waals surface area contributed by atoms with Crippen LogP contribution < -0.4 is 5.32 Å². The summed E-state index contributed by atoms with van der Waals surface area (Å²) in [5.74, 6) is 0.116. The predicted octanol–water partition coefficient (Wildman–Crippen LogP) is 3.78. The molecule has 1 N–H and O–H groups in total. The van der Waals surface area contributed by atoms with Gasteiger partial charge in [0.2, 0.25) is 5.91 Å². The zero-order valence-electron chi connectivity index (χ0n) is 12.9. The van der Waals surface area contributed by atoms with Crippen molar-refractivity contribution in [3.05, 3.63) is 34.9 Å². The van der Waals surface area contributed by atoms with Crippen molar-refractivity contribution in [2.45, 2.75) is 51.6 Å². The second kappa shape index (κ2) is 7.81. The van der Waals surface area contributed by atoms with Gasteiger partial charge in [0.15, 0.2) is 0 Å². The zero-order chi connectivity index (χ0) is 15.2. The number of rotatable bonds is 5. The fourth-order valence-corrected chi connectivity index (χ4v) is 3.06. The molecule has 3 nitrogen and oxygen atoms in total. The fraction of sp³-hybridized carbons (Fsp3) is 0.588. The summed E-state index contributed by atoms with van der Waals surface area (Å²) < 4.78 is 0. The first-order valence-electron chi connectivity index (χ1n) is 7.89. The largest absolute Gasteiger partial charge is 0.348 e. The molecular formula is C17H25ClN2O. The van der Waals surface area contributed by atoms with Crippen LogP contribution >= 0.6 is 11.6 Å². The standard InChI is InChI=1S/C17H25ClN2O/c1-3-16(14-7-9-15(18)10-8-14)19-17(21)12-20-11-5-4-6-13(20)2/h7-10,13,16H,3-6,11-12H2,1-2H3,(H,19,21)/t13-,16+/m1/s1. The molecule has 1 saturated heterocycles. The molecular weight excluding hydrogens is 284 g/mol. The van der Waals surface area contributed by atoms with E-state index in [4.69, 9.17) is 11.6 Å². The molecule has 21 heavy (non-hydrogen) atoms. The molecule has 1 amide bonds. The molecule has 2 rings (SSSR count). The Kier molecular flexibility index (Phi) is 6.07. The number of nitrogens with zero attached hydrogens (tertiary/aromatic N) is 1. The van der Waals surface area contributed by atoms with E-state index in [0.717, 1.165) is 23.6 Å². The van der Waals surface area contributed by atoms with Gasteiger partial charge in [-0.3, -0.25) is 9.69 Å². The second-order valence-electron chi connectivity index (χ2n) is 5.90. The molecule has 4 heteroatoms. The second-order valence-corrected chi connectivity index (χ2v) is 6.33. The van der Waals surface area contributed by atoms with E-state index in [2.05, 4.69) is 24.1 Å². The first-order chi connectivity index (χ1) is 10.1. The van der Waals surface area contributed by atoms with Gasteiger partial charge in [-0.05, 0) is 50.4 Å². The Morgan fingerprint density at radius 2 is 2.10 bits per heavy atom. The van der Waals surface area contributed by atoms with E-state index in [0.29, 0.717) is 12.6 Å². The maximum Gasteiger partial charge on any atom is 0.234 e. The van der Waals surface area contributed by atoms with Gasteiger partial charge < -0.3 is 5.32 Å². The maximum absolute atomic E-state index is 12.3. The Hall–Kier alpha value is -1.06. The van der Waals surface area contributed by atoms with Crippen molar-refractivity contribution in [2.75, 3.05) is 13.1 Å². The lowest BCUT2D eigenvalue weighted by Crippen LogP contribution is -2.44. The first kappa shape index (κ1) is 16.3. The summed E-state index contributed by atoms with van der Waals surface area (Å²) in [5, 5.41) is 3.87. The minimum Gasteiger partial charge on any atom is -0.348 e. The van der Waals surface area contributed by atoms with Crippen LogP contribution in [0.3, 0.4) is 0 Å². The van der Waals surface area contributed by atoms with E-state index < -0.39 is 0 Å². The van der Waals surface area contributed by atoms with Crippen molar-refractivity contribution >= 4 is 17.5 Å². The van der Waals surface area contributed by atoms with Gasteiger partial charge in [-0.25, -0.2) is 0 Å². The van der Waals surface area contributed by atoms with Crippen LogP contribution in [0.5, 0.6) is 0 Å². The number of carbonyl (C=O) groups is 1. The Balaban J connectivity index is 1.91. The third-order valence-electron chi connectivity index (χ3n) is 4.30. The number of halogens is 1. The van der Waals surface area contributed by atoms with E-state index >= 15 is 0 Å². The lowest BCUT2D eigenvalue weighted by molar-refractivity contribution is -0.123. The van der Waals surface area contributed by atoms with E-state index in [1.807, 2.05) is 24.3 Å². The number of hydrogen-bond donors (Lipinski definition) is 1. The molecule has 0 radical (unpaired) electrons. The van der Waals surface area contributed by atoms with Crippen LogP contribution in [0.25, 0.3) is 0 Å². The summed E-state index contributed by atoms with van der Waals surface area (Å²) in [7, 11) is 0. The summed E-state index contributed by atoms with van der Waals surface area (Å²) in [6.07, 6.45) is 4.55. The predicted molar refractivity (Wildman–Crippen MR) is 87.5 cm³/mol. The van der Waals surface area contributed by atoms with Crippen LogP contribution in [-0.4, -0.2) is 29.9 Å². The highest BCUT2D eigenvalue weighted by molar-refractivity contribution is 6.30. The summed E-state index contributed by atoms with van der Waals surface area (Å²) in [6, 6.07) is 8.30. The third-order valence-corrected chi connectivity index (χ3v) is 4.56. The van der Waals surface area contributed by atoms with Crippen molar-refractivity contribution in [3.8, 4) is 0 Å². The monoisotopic (exact) mass is 308 g/mol. The normalized spacial score (nSPS) is 21.0. The number of benzene rings is 1. The lowest BCUT2D eigenvalue weighted by atomic mass is 10.0. The summed E-state index contributed by atoms with van der Waals surface area (Å²) >= 11 is 5.92. The van der Waals surface area contributed by atoms with Crippen LogP contribution in [0.1, 0.15) is 51.1 Å². The molecule has 1 aliphatic rings. The van der Waals surface area contributed by atoms with Gasteiger partial charge in [-0.1, -0.05) is 37.1 Å². The summed E-state index contributed by atoms with van der Waals surface area (Å²) in [6.45, 7) is 5.84. The first-order valence-corrected chi connectivity index (χ1v) is 8.26. The topological polar surface area (TPSA) is 32.3 Å². The molecule has 1 aromatic rings. The number of nitrogens with one attached hydrogen (secondary N) is 1. The van der Waals surface area contributed by atoms with Crippen molar-refractivity contribution in [1.82, 2.24) is 10.2 Å². The van der Waals surface area contributed by atoms with Gasteiger partial charge in [0.05, 0.1) is 12.6 Å². The molecule has 1 heterocycles. The summed E-state index contributed by atoms with van der Waals surface area (Å²) in [5.41, 5.74) is 1.11. The van der Waals surface area contributed by atoms with Crippen molar-refractivity contribution < 1.29 is 4.79 Å². The van der Waals surface area contributed by atoms with E-state index in [1.165, 1.54) is 19.3 Å². The Labute approximate surface area is 132 Å². The van der Waals surface area contributed by atoms with Gasteiger partial charge in [0, 0.05) is 11.1 Å². The number of piperidine rings is 1. The van der Waals surface area contributed by atoms with Gasteiger partial charge in [0.25, 0.3) is 0 Å². The number of hydrogen-bond acceptors (Lipinski definition) is 2. The molecule has 1 fully saturated rings. The smallest absolute Gasteiger partial charge is 0.234 e. The molecule has 2 atom stereocenters. The molecule has 1 aliphatic heterocycles. The number of amides is 1. The zero-order valence-corrected chi connectivity index (χ0v) is 13.7. The van der Waals surface area contributed by atoms with Crippen molar-refractivity contribution in [1.29, 1.82) is 0 Å². The minimum atomic E-state index is 0.0647. The van der Waals surface area contributed by atoms with Crippen molar-refractivity contribution in [3.63, 3.8) is 0 Å². The quantitative estimate of drug-likeness (QED) is 0.897. The average molecular weight is 309 g/mol. The Bertz CT molecular complexity index is 460. The average Bonchev–Trinajstić information content (AvgIpc) is 2.48. The highest BCUT2D eigenvalue weighted by Gasteiger charge is 2.21. The van der Waals surface area contributed by atoms with Crippen LogP contribution in [-0.2, 0) is 4.79 Å². The third kappa shape index (κ3) is 4.72. The number of likely N-dealkylation sites (tertiary alicyclic amines) is 1. The Morgan fingerprint density at radius 3 is 2.71 bits per heavy atom.